The minimum Gasteiger partial charge on any atom is -0.468 e. The van der Waals surface area contributed by atoms with E-state index in [-0.39, 0.29) is 10.6 Å². The second kappa shape index (κ2) is 7.86. The van der Waals surface area contributed by atoms with Gasteiger partial charge in [0, 0.05) is 36.5 Å². The molecule has 10 nitrogen and oxygen atoms in total. The van der Waals surface area contributed by atoms with E-state index in [0.29, 0.717) is 12.2 Å². The van der Waals surface area contributed by atoms with Crippen molar-refractivity contribution in [1.29, 1.82) is 0 Å². The number of hydrogen-bond donors (Lipinski definition) is 4. The topological polar surface area (TPSA) is 142 Å². The lowest BCUT2D eigenvalue weighted by Gasteiger charge is -2.13. The predicted molar refractivity (Wildman–Crippen MR) is 95.6 cm³/mol. The molecule has 3 rings (SSSR count). The van der Waals surface area contributed by atoms with Crippen molar-refractivity contribution in [3.8, 4) is 0 Å². The van der Waals surface area contributed by atoms with Crippen LogP contribution in [-0.4, -0.2) is 50.7 Å². The summed E-state index contributed by atoms with van der Waals surface area (Å²) < 4.78 is 31.0. The van der Waals surface area contributed by atoms with Crippen LogP contribution in [0.1, 0.15) is 21.7 Å². The van der Waals surface area contributed by atoms with E-state index < -0.39 is 28.4 Å². The van der Waals surface area contributed by atoms with Gasteiger partial charge < -0.3 is 15.4 Å². The number of aromatic nitrogens is 2. The fraction of sp³-hybridized carbons (Fsp3) is 0.312. The lowest BCUT2D eigenvalue weighted by Crippen LogP contribution is -2.30. The van der Waals surface area contributed by atoms with Crippen LogP contribution >= 0.6 is 0 Å². The van der Waals surface area contributed by atoms with Crippen molar-refractivity contribution in [2.24, 2.45) is 0 Å². The fourth-order valence-corrected chi connectivity index (χ4v) is 3.67. The number of amides is 1. The van der Waals surface area contributed by atoms with Gasteiger partial charge in [-0.25, -0.2) is 8.42 Å². The van der Waals surface area contributed by atoms with E-state index in [1.54, 1.807) is 6.07 Å². The molecule has 1 aromatic carbocycles. The van der Waals surface area contributed by atoms with Gasteiger partial charge in [0.2, 0.25) is 10.0 Å². The number of rotatable bonds is 6. The molecular formula is C16H19N5O5S. The summed E-state index contributed by atoms with van der Waals surface area (Å²) in [4.78, 5) is 23.6. The highest BCUT2D eigenvalue weighted by Gasteiger charge is 2.22. The smallest absolute Gasteiger partial charge is 0.320 e. The highest BCUT2D eigenvalue weighted by atomic mass is 32.2. The van der Waals surface area contributed by atoms with Crippen LogP contribution in [0.2, 0.25) is 0 Å². The van der Waals surface area contributed by atoms with Gasteiger partial charge in [0.15, 0.2) is 5.69 Å². The van der Waals surface area contributed by atoms with Crippen LogP contribution in [0.4, 0.5) is 5.69 Å². The molecule has 0 bridgehead atoms. The van der Waals surface area contributed by atoms with Crippen molar-refractivity contribution < 1.29 is 22.7 Å². The molecule has 0 aliphatic carbocycles. The Bertz CT molecular complexity index is 969. The normalized spacial score (nSPS) is 13.7. The predicted octanol–water partition coefficient (Wildman–Crippen LogP) is -0.241. The molecule has 1 amide bonds. The molecule has 0 unspecified atom stereocenters. The quantitative estimate of drug-likeness (QED) is 0.496. The average molecular weight is 393 g/mol. The zero-order valence-electron chi connectivity index (χ0n) is 14.5. The van der Waals surface area contributed by atoms with Crippen LogP contribution < -0.4 is 15.4 Å². The van der Waals surface area contributed by atoms with Gasteiger partial charge in [-0.1, -0.05) is 6.07 Å². The molecule has 0 saturated heterocycles. The number of H-pyrrole nitrogens is 1. The van der Waals surface area contributed by atoms with Crippen LogP contribution in [0.5, 0.6) is 0 Å². The van der Waals surface area contributed by atoms with Gasteiger partial charge in [0.1, 0.15) is 6.54 Å². The van der Waals surface area contributed by atoms with Crippen molar-refractivity contribution in [1.82, 2.24) is 20.2 Å². The van der Waals surface area contributed by atoms with Gasteiger partial charge in [-0.2, -0.15) is 9.82 Å². The maximum atomic E-state index is 12.5. The number of hydrogen-bond acceptors (Lipinski definition) is 7. The van der Waals surface area contributed by atoms with Crippen molar-refractivity contribution >= 4 is 27.6 Å². The molecule has 0 atom stereocenters. The number of aromatic amines is 1. The number of nitrogens with zero attached hydrogens (tertiary/aromatic N) is 1. The molecule has 144 valence electrons. The zero-order valence-corrected chi connectivity index (χ0v) is 15.4. The SMILES string of the molecule is COC(=O)CNS(=O)(=O)c1cccc(NC(=O)c2n[nH]c3c2CNCC3)c1. The highest BCUT2D eigenvalue weighted by molar-refractivity contribution is 7.89. The first-order chi connectivity index (χ1) is 12.9. The van der Waals surface area contributed by atoms with Crippen molar-refractivity contribution in [2.75, 3.05) is 25.5 Å². The van der Waals surface area contributed by atoms with E-state index in [1.807, 2.05) is 0 Å². The number of esters is 1. The number of benzene rings is 1. The lowest BCUT2D eigenvalue weighted by atomic mass is 10.1. The number of sulfonamides is 1. The maximum absolute atomic E-state index is 12.5. The number of carbonyl (C=O) groups is 2. The summed E-state index contributed by atoms with van der Waals surface area (Å²) in [6.07, 6.45) is 0.759. The molecule has 1 aromatic heterocycles. The molecule has 11 heteroatoms. The van der Waals surface area contributed by atoms with Gasteiger partial charge in [0.25, 0.3) is 5.91 Å². The van der Waals surface area contributed by atoms with Crippen LogP contribution in [-0.2, 0) is 32.5 Å². The van der Waals surface area contributed by atoms with E-state index in [4.69, 9.17) is 0 Å². The first-order valence-corrected chi connectivity index (χ1v) is 9.64. The van der Waals surface area contributed by atoms with Crippen LogP contribution in [0, 0.1) is 0 Å². The van der Waals surface area contributed by atoms with Gasteiger partial charge in [-0.3, -0.25) is 14.7 Å². The Balaban J connectivity index is 1.75. The standard InChI is InChI=1S/C16H19N5O5S/c1-26-14(22)9-18-27(24,25)11-4-2-3-10(7-11)19-16(23)15-12-8-17-6-5-13(12)20-21-15/h2-4,7,17-18H,5-6,8-9H2,1H3,(H,19,23)(H,20,21). The molecule has 0 fully saturated rings. The van der Waals surface area contributed by atoms with Crippen LogP contribution in [0.15, 0.2) is 29.2 Å². The van der Waals surface area contributed by atoms with Crippen LogP contribution in [0.3, 0.4) is 0 Å². The molecule has 1 aliphatic heterocycles. The minimum absolute atomic E-state index is 0.0880. The summed E-state index contributed by atoms with van der Waals surface area (Å²) >= 11 is 0. The maximum Gasteiger partial charge on any atom is 0.320 e. The van der Waals surface area contributed by atoms with Crippen molar-refractivity contribution in [3.05, 3.63) is 41.2 Å². The Morgan fingerprint density at radius 2 is 2.15 bits per heavy atom. The molecule has 1 aliphatic rings. The number of anilines is 1. The molecule has 2 aromatic rings. The molecular weight excluding hydrogens is 374 g/mol. The van der Waals surface area contributed by atoms with Gasteiger partial charge in [-0.15, -0.1) is 0 Å². The summed E-state index contributed by atoms with van der Waals surface area (Å²) in [5.41, 5.74) is 2.29. The number of carbonyl (C=O) groups excluding carboxylic acids is 2. The third kappa shape index (κ3) is 4.32. The second-order valence-corrected chi connectivity index (χ2v) is 7.61. The van der Waals surface area contributed by atoms with E-state index >= 15 is 0 Å². The summed E-state index contributed by atoms with van der Waals surface area (Å²) in [5.74, 6) is -1.15. The Labute approximate surface area is 155 Å². The molecule has 0 radical (unpaired) electrons. The summed E-state index contributed by atoms with van der Waals surface area (Å²) in [7, 11) is -2.76. The number of ether oxygens (including phenoxy) is 1. The third-order valence-corrected chi connectivity index (χ3v) is 5.46. The fourth-order valence-electron chi connectivity index (χ4n) is 2.65. The second-order valence-electron chi connectivity index (χ2n) is 5.84. The molecule has 0 saturated carbocycles. The average Bonchev–Trinajstić information content (AvgIpc) is 3.10. The van der Waals surface area contributed by atoms with E-state index in [1.165, 1.54) is 18.2 Å². The molecule has 2 heterocycles. The number of methoxy groups -OCH3 is 1. The van der Waals surface area contributed by atoms with Crippen molar-refractivity contribution in [3.63, 3.8) is 0 Å². The Morgan fingerprint density at radius 3 is 2.93 bits per heavy atom. The summed E-state index contributed by atoms with van der Waals surface area (Å²) in [5, 5.41) is 12.8. The number of fused-ring (bicyclic) bond motifs is 1. The summed E-state index contributed by atoms with van der Waals surface area (Å²) in [6.45, 7) is 0.872. The van der Waals surface area contributed by atoms with E-state index in [0.717, 1.165) is 31.3 Å². The Morgan fingerprint density at radius 1 is 1.33 bits per heavy atom. The van der Waals surface area contributed by atoms with Crippen molar-refractivity contribution in [2.45, 2.75) is 17.9 Å². The number of nitrogens with one attached hydrogen (secondary N) is 4. The Hall–Kier alpha value is -2.76. The van der Waals surface area contributed by atoms with Crippen LogP contribution in [0.25, 0.3) is 0 Å². The third-order valence-electron chi connectivity index (χ3n) is 4.06. The zero-order chi connectivity index (χ0) is 19.4. The molecule has 4 N–H and O–H groups in total. The largest absolute Gasteiger partial charge is 0.468 e. The lowest BCUT2D eigenvalue weighted by molar-refractivity contribution is -0.139. The molecule has 27 heavy (non-hydrogen) atoms. The van der Waals surface area contributed by atoms with E-state index in [9.17, 15) is 18.0 Å². The first-order valence-electron chi connectivity index (χ1n) is 8.15. The first kappa shape index (κ1) is 19.0. The van der Waals surface area contributed by atoms with E-state index in [2.05, 4.69) is 30.3 Å². The minimum atomic E-state index is -3.93. The highest BCUT2D eigenvalue weighted by Crippen LogP contribution is 2.19. The Kier molecular flexibility index (Phi) is 5.54. The van der Waals surface area contributed by atoms with Gasteiger partial charge in [-0.05, 0) is 18.2 Å². The monoisotopic (exact) mass is 393 g/mol. The summed E-state index contributed by atoms with van der Waals surface area (Å²) in [6, 6.07) is 5.71. The molecule has 0 spiro atoms. The van der Waals surface area contributed by atoms with Gasteiger partial charge >= 0.3 is 5.97 Å². The van der Waals surface area contributed by atoms with Gasteiger partial charge in [0.05, 0.1) is 12.0 Å².